The zero-order valence-corrected chi connectivity index (χ0v) is 12.9. The van der Waals surface area contributed by atoms with Gasteiger partial charge in [0.15, 0.2) is 0 Å². The summed E-state index contributed by atoms with van der Waals surface area (Å²) in [6.45, 7) is 8.35. The largest absolute Gasteiger partial charge is 0.372 e. The van der Waals surface area contributed by atoms with E-state index in [4.69, 9.17) is 0 Å². The average molecular weight is 288 g/mol. The molecule has 0 radical (unpaired) electrons. The molecule has 106 valence electrons. The van der Waals surface area contributed by atoms with Crippen LogP contribution in [0.2, 0.25) is 0 Å². The maximum absolute atomic E-state index is 4.29. The lowest BCUT2D eigenvalue weighted by Crippen LogP contribution is -2.21. The van der Waals surface area contributed by atoms with Gasteiger partial charge >= 0.3 is 0 Å². The number of aryl methyl sites for hydroxylation is 1. The Balaban J connectivity index is 1.96. The summed E-state index contributed by atoms with van der Waals surface area (Å²) >= 11 is 1.55. The summed E-state index contributed by atoms with van der Waals surface area (Å²) in [4.78, 5) is 6.61. The van der Waals surface area contributed by atoms with E-state index in [2.05, 4.69) is 58.5 Å². The van der Waals surface area contributed by atoms with Crippen molar-refractivity contribution in [1.82, 2.24) is 4.98 Å². The van der Waals surface area contributed by atoms with E-state index in [1.807, 2.05) is 18.5 Å². The topological polar surface area (TPSA) is 40.5 Å². The van der Waals surface area contributed by atoms with Crippen LogP contribution in [0.1, 0.15) is 25.1 Å². The van der Waals surface area contributed by atoms with E-state index in [-0.39, 0.29) is 0 Å². The molecule has 0 aliphatic rings. The van der Waals surface area contributed by atoms with E-state index in [9.17, 15) is 0 Å². The first-order valence-electron chi connectivity index (χ1n) is 6.79. The molecular formula is C15H20N4S. The highest BCUT2D eigenvalue weighted by molar-refractivity contribution is 7.13. The Morgan fingerprint density at radius 2 is 1.95 bits per heavy atom. The summed E-state index contributed by atoms with van der Waals surface area (Å²) in [5.41, 5.74) is 6.27. The molecule has 0 aliphatic heterocycles. The smallest absolute Gasteiger partial charge is 0.203 e. The molecule has 1 heterocycles. The van der Waals surface area contributed by atoms with Gasteiger partial charge in [-0.05, 0) is 38.5 Å². The third-order valence-electron chi connectivity index (χ3n) is 3.01. The molecule has 0 saturated heterocycles. The van der Waals surface area contributed by atoms with Crippen molar-refractivity contribution >= 4 is 28.4 Å². The highest BCUT2D eigenvalue weighted by Crippen LogP contribution is 2.15. The predicted octanol–water partition coefficient (Wildman–Crippen LogP) is 3.74. The van der Waals surface area contributed by atoms with Gasteiger partial charge in [-0.2, -0.15) is 5.10 Å². The number of anilines is 2. The molecule has 0 unspecified atom stereocenters. The summed E-state index contributed by atoms with van der Waals surface area (Å²) in [5.74, 6) is 0. The number of hydrogen-bond acceptors (Lipinski definition) is 5. The monoisotopic (exact) mass is 288 g/mol. The van der Waals surface area contributed by atoms with Crippen molar-refractivity contribution < 1.29 is 0 Å². The van der Waals surface area contributed by atoms with Crippen LogP contribution in [0.3, 0.4) is 0 Å². The number of rotatable bonds is 6. The van der Waals surface area contributed by atoms with E-state index in [0.717, 1.165) is 29.5 Å². The van der Waals surface area contributed by atoms with Gasteiger partial charge in [-0.3, -0.25) is 5.43 Å². The second-order valence-electron chi connectivity index (χ2n) is 4.43. The fraction of sp³-hybridized carbons (Fsp3) is 0.333. The molecule has 0 amide bonds. The zero-order chi connectivity index (χ0) is 14.4. The van der Waals surface area contributed by atoms with E-state index < -0.39 is 0 Å². The molecule has 2 rings (SSSR count). The number of benzene rings is 1. The quantitative estimate of drug-likeness (QED) is 0.650. The number of aromatic nitrogens is 1. The Morgan fingerprint density at radius 3 is 2.50 bits per heavy atom. The minimum atomic E-state index is 0.818. The first-order chi connectivity index (χ1) is 9.72. The van der Waals surface area contributed by atoms with Crippen LogP contribution in [0.5, 0.6) is 0 Å². The molecule has 0 atom stereocenters. The summed E-state index contributed by atoms with van der Waals surface area (Å²) in [6.07, 6.45) is 1.81. The molecule has 2 aromatic rings. The summed E-state index contributed by atoms with van der Waals surface area (Å²) < 4.78 is 0. The molecule has 5 heteroatoms. The lowest BCUT2D eigenvalue weighted by atomic mass is 10.2. The molecule has 0 bridgehead atoms. The fourth-order valence-electron chi connectivity index (χ4n) is 1.93. The summed E-state index contributed by atoms with van der Waals surface area (Å²) in [5, 5.41) is 7.01. The van der Waals surface area contributed by atoms with E-state index in [0.29, 0.717) is 0 Å². The van der Waals surface area contributed by atoms with Gasteiger partial charge in [-0.15, -0.1) is 11.3 Å². The third-order valence-corrected chi connectivity index (χ3v) is 3.88. The highest BCUT2D eigenvalue weighted by atomic mass is 32.1. The predicted molar refractivity (Wildman–Crippen MR) is 88.1 cm³/mol. The second kappa shape index (κ2) is 7.05. The number of hydrazone groups is 1. The van der Waals surface area contributed by atoms with Crippen LogP contribution < -0.4 is 10.3 Å². The number of hydrogen-bond donors (Lipinski definition) is 1. The Bertz CT molecular complexity index is 556. The highest BCUT2D eigenvalue weighted by Gasteiger charge is 2.00. The molecule has 0 spiro atoms. The first kappa shape index (κ1) is 14.5. The van der Waals surface area contributed by atoms with Crippen LogP contribution in [0, 0.1) is 6.92 Å². The van der Waals surface area contributed by atoms with Crippen LogP contribution in [0.15, 0.2) is 34.7 Å². The van der Waals surface area contributed by atoms with Crippen LogP contribution in [-0.2, 0) is 0 Å². The Morgan fingerprint density at radius 1 is 1.25 bits per heavy atom. The third kappa shape index (κ3) is 3.81. The molecule has 1 aromatic carbocycles. The van der Waals surface area contributed by atoms with Crippen LogP contribution in [-0.4, -0.2) is 24.3 Å². The van der Waals surface area contributed by atoms with Gasteiger partial charge in [0.2, 0.25) is 5.13 Å². The standard InChI is InChI=1S/C15H20N4S/c1-4-19(5-2)14-8-6-13(7-9-14)10-16-18-15-17-12(3)11-20-15/h6-11H,4-5H2,1-3H3,(H,17,18)/b16-10+. The number of thiazole rings is 1. The van der Waals surface area contributed by atoms with Gasteiger partial charge in [0.1, 0.15) is 0 Å². The van der Waals surface area contributed by atoms with Crippen LogP contribution in [0.25, 0.3) is 0 Å². The molecular weight excluding hydrogens is 268 g/mol. The molecule has 20 heavy (non-hydrogen) atoms. The van der Waals surface area contributed by atoms with Gasteiger partial charge in [-0.25, -0.2) is 4.98 Å². The van der Waals surface area contributed by atoms with Gasteiger partial charge in [0.05, 0.1) is 11.9 Å². The van der Waals surface area contributed by atoms with Crippen molar-refractivity contribution in [3.63, 3.8) is 0 Å². The van der Waals surface area contributed by atoms with Crippen molar-refractivity contribution in [2.75, 3.05) is 23.4 Å². The van der Waals surface area contributed by atoms with E-state index in [1.54, 1.807) is 11.3 Å². The molecule has 0 saturated carbocycles. The Hall–Kier alpha value is -1.88. The van der Waals surface area contributed by atoms with Crippen molar-refractivity contribution in [2.24, 2.45) is 5.10 Å². The van der Waals surface area contributed by atoms with Gasteiger partial charge in [0.25, 0.3) is 0 Å². The minimum Gasteiger partial charge on any atom is -0.372 e. The molecule has 0 fully saturated rings. The van der Waals surface area contributed by atoms with E-state index >= 15 is 0 Å². The van der Waals surface area contributed by atoms with Gasteiger partial charge in [-0.1, -0.05) is 12.1 Å². The molecule has 4 nitrogen and oxygen atoms in total. The second-order valence-corrected chi connectivity index (χ2v) is 5.29. The SMILES string of the molecule is CCN(CC)c1ccc(/C=N/Nc2nc(C)cs2)cc1. The van der Waals surface area contributed by atoms with Gasteiger partial charge in [0, 0.05) is 24.2 Å². The summed E-state index contributed by atoms with van der Waals surface area (Å²) in [6, 6.07) is 8.40. The van der Waals surface area contributed by atoms with Gasteiger partial charge < -0.3 is 4.90 Å². The number of nitrogens with one attached hydrogen (secondary N) is 1. The summed E-state index contributed by atoms with van der Waals surface area (Å²) in [7, 11) is 0. The maximum Gasteiger partial charge on any atom is 0.203 e. The molecule has 1 N–H and O–H groups in total. The minimum absolute atomic E-state index is 0.818. The Labute approximate surface area is 124 Å². The lowest BCUT2D eigenvalue weighted by molar-refractivity contribution is 0.866. The van der Waals surface area contributed by atoms with E-state index in [1.165, 1.54) is 5.69 Å². The first-order valence-corrected chi connectivity index (χ1v) is 7.67. The normalized spacial score (nSPS) is 10.9. The number of nitrogens with zero attached hydrogens (tertiary/aromatic N) is 3. The fourth-order valence-corrected chi connectivity index (χ4v) is 2.56. The lowest BCUT2D eigenvalue weighted by Gasteiger charge is -2.20. The molecule has 1 aromatic heterocycles. The average Bonchev–Trinajstić information content (AvgIpc) is 2.87. The van der Waals surface area contributed by atoms with Crippen molar-refractivity contribution in [3.8, 4) is 0 Å². The maximum atomic E-state index is 4.29. The Kier molecular flexibility index (Phi) is 5.12. The van der Waals surface area contributed by atoms with Crippen molar-refractivity contribution in [1.29, 1.82) is 0 Å². The van der Waals surface area contributed by atoms with Crippen molar-refractivity contribution in [2.45, 2.75) is 20.8 Å². The van der Waals surface area contributed by atoms with Crippen molar-refractivity contribution in [3.05, 3.63) is 40.9 Å². The van der Waals surface area contributed by atoms with Crippen LogP contribution in [0.4, 0.5) is 10.8 Å². The molecule has 0 aliphatic carbocycles. The van der Waals surface area contributed by atoms with Crippen LogP contribution >= 0.6 is 11.3 Å². The zero-order valence-electron chi connectivity index (χ0n) is 12.1.